The van der Waals surface area contributed by atoms with Crippen LogP contribution in [0.5, 0.6) is 0 Å². The Labute approximate surface area is 103 Å². The Balaban J connectivity index is 1.83. The molecule has 2 N–H and O–H groups in total. The van der Waals surface area contributed by atoms with Crippen molar-refractivity contribution in [3.05, 3.63) is 0 Å². The van der Waals surface area contributed by atoms with Crippen molar-refractivity contribution < 1.29 is 14.6 Å². The van der Waals surface area contributed by atoms with Crippen molar-refractivity contribution in [3.63, 3.8) is 0 Å². The predicted molar refractivity (Wildman–Crippen MR) is 64.6 cm³/mol. The Bertz CT molecular complexity index is 251. The second-order valence-corrected chi connectivity index (χ2v) is 5.23. The number of amides is 1. The maximum Gasteiger partial charge on any atom is 0.225 e. The molecule has 0 radical (unpaired) electrons. The molecular weight excluding hydrogens is 218 g/mol. The average molecular weight is 241 g/mol. The fourth-order valence-corrected chi connectivity index (χ4v) is 2.70. The number of aliphatic hydroxyl groups is 1. The number of nitrogens with one attached hydrogen (secondary N) is 1. The van der Waals surface area contributed by atoms with Gasteiger partial charge in [0, 0.05) is 6.61 Å². The summed E-state index contributed by atoms with van der Waals surface area (Å²) in [5.41, 5.74) is 0. The molecule has 98 valence electrons. The van der Waals surface area contributed by atoms with Crippen molar-refractivity contribution in [2.45, 2.75) is 57.1 Å². The van der Waals surface area contributed by atoms with Gasteiger partial charge in [-0.3, -0.25) is 4.79 Å². The van der Waals surface area contributed by atoms with Gasteiger partial charge in [0.05, 0.1) is 24.7 Å². The van der Waals surface area contributed by atoms with Crippen LogP contribution in [0.4, 0.5) is 0 Å². The van der Waals surface area contributed by atoms with E-state index in [-0.39, 0.29) is 24.0 Å². The number of hydrogen-bond donors (Lipinski definition) is 2. The van der Waals surface area contributed by atoms with Crippen LogP contribution in [0.1, 0.15) is 44.9 Å². The molecular formula is C13H23NO3. The third kappa shape index (κ3) is 3.68. The SMILES string of the molecule is O=C(NC1CCCCCC1O)C1CCCOC1. The van der Waals surface area contributed by atoms with E-state index in [0.29, 0.717) is 6.61 Å². The summed E-state index contributed by atoms with van der Waals surface area (Å²) in [6.07, 6.45) is 6.55. The standard InChI is InChI=1S/C13H23NO3/c15-12-7-3-1-2-6-11(12)14-13(16)10-5-4-8-17-9-10/h10-12,15H,1-9H2,(H,14,16). The van der Waals surface area contributed by atoms with Crippen LogP contribution in [0.3, 0.4) is 0 Å². The summed E-state index contributed by atoms with van der Waals surface area (Å²) in [5.74, 6) is 0.0508. The summed E-state index contributed by atoms with van der Waals surface area (Å²) >= 11 is 0. The largest absolute Gasteiger partial charge is 0.391 e. The molecule has 2 rings (SSSR count). The molecule has 17 heavy (non-hydrogen) atoms. The lowest BCUT2D eigenvalue weighted by atomic mass is 9.99. The monoisotopic (exact) mass is 241 g/mol. The van der Waals surface area contributed by atoms with Crippen LogP contribution >= 0.6 is 0 Å². The predicted octanol–water partition coefficient (Wildman–Crippen LogP) is 1.22. The molecule has 4 nitrogen and oxygen atoms in total. The number of rotatable bonds is 2. The molecule has 0 aromatic rings. The Kier molecular flexibility index (Phi) is 4.80. The second-order valence-electron chi connectivity index (χ2n) is 5.23. The number of aliphatic hydroxyl groups excluding tert-OH is 1. The van der Waals surface area contributed by atoms with Crippen LogP contribution in [0.25, 0.3) is 0 Å². The highest BCUT2D eigenvalue weighted by atomic mass is 16.5. The first-order chi connectivity index (χ1) is 8.27. The van der Waals surface area contributed by atoms with Gasteiger partial charge in [-0.05, 0) is 25.7 Å². The average Bonchev–Trinajstić information content (AvgIpc) is 2.56. The lowest BCUT2D eigenvalue weighted by molar-refractivity contribution is -0.130. The summed E-state index contributed by atoms with van der Waals surface area (Å²) in [4.78, 5) is 12.0. The normalized spacial score (nSPS) is 35.0. The maximum atomic E-state index is 12.0. The Morgan fingerprint density at radius 3 is 2.71 bits per heavy atom. The van der Waals surface area contributed by atoms with Crippen molar-refractivity contribution in [2.75, 3.05) is 13.2 Å². The maximum absolute atomic E-state index is 12.0. The highest BCUT2D eigenvalue weighted by molar-refractivity contribution is 5.79. The number of hydrogen-bond acceptors (Lipinski definition) is 3. The third-order valence-electron chi connectivity index (χ3n) is 3.84. The van der Waals surface area contributed by atoms with E-state index in [9.17, 15) is 9.90 Å². The summed E-state index contributed by atoms with van der Waals surface area (Å²) < 4.78 is 5.32. The van der Waals surface area contributed by atoms with Gasteiger partial charge in [-0.15, -0.1) is 0 Å². The molecule has 1 aliphatic carbocycles. The van der Waals surface area contributed by atoms with E-state index in [4.69, 9.17) is 4.74 Å². The second kappa shape index (κ2) is 6.36. The molecule has 2 fully saturated rings. The first kappa shape index (κ1) is 12.8. The van der Waals surface area contributed by atoms with Gasteiger partial charge < -0.3 is 15.2 Å². The summed E-state index contributed by atoms with van der Waals surface area (Å²) in [5, 5.41) is 13.0. The zero-order valence-electron chi connectivity index (χ0n) is 10.4. The molecule has 1 amide bonds. The van der Waals surface area contributed by atoms with Crippen LogP contribution in [0.15, 0.2) is 0 Å². The molecule has 3 unspecified atom stereocenters. The van der Waals surface area contributed by atoms with Gasteiger partial charge in [0.2, 0.25) is 5.91 Å². The van der Waals surface area contributed by atoms with E-state index in [0.717, 1.165) is 51.6 Å². The zero-order chi connectivity index (χ0) is 12.1. The molecule has 3 atom stereocenters. The lowest BCUT2D eigenvalue weighted by Crippen LogP contribution is -2.46. The lowest BCUT2D eigenvalue weighted by Gasteiger charge is -2.26. The Morgan fingerprint density at radius 1 is 1.12 bits per heavy atom. The van der Waals surface area contributed by atoms with Crippen LogP contribution in [0, 0.1) is 5.92 Å². The quantitative estimate of drug-likeness (QED) is 0.715. The topological polar surface area (TPSA) is 58.6 Å². The molecule has 0 spiro atoms. The molecule has 1 aliphatic heterocycles. The highest BCUT2D eigenvalue weighted by Gasteiger charge is 2.27. The van der Waals surface area contributed by atoms with Gasteiger partial charge in [-0.25, -0.2) is 0 Å². The molecule has 4 heteroatoms. The molecule has 0 bridgehead atoms. The first-order valence-corrected chi connectivity index (χ1v) is 6.83. The minimum atomic E-state index is -0.369. The van der Waals surface area contributed by atoms with E-state index in [1.165, 1.54) is 0 Å². The van der Waals surface area contributed by atoms with Gasteiger partial charge in [0.1, 0.15) is 0 Å². The van der Waals surface area contributed by atoms with Crippen molar-refractivity contribution in [1.29, 1.82) is 0 Å². The van der Waals surface area contributed by atoms with E-state index in [2.05, 4.69) is 5.32 Å². The molecule has 0 aromatic heterocycles. The Hall–Kier alpha value is -0.610. The van der Waals surface area contributed by atoms with Crippen LogP contribution < -0.4 is 5.32 Å². The van der Waals surface area contributed by atoms with Crippen LogP contribution in [0.2, 0.25) is 0 Å². The number of ether oxygens (including phenoxy) is 1. The smallest absolute Gasteiger partial charge is 0.225 e. The van der Waals surface area contributed by atoms with E-state index in [1.807, 2.05) is 0 Å². The Morgan fingerprint density at radius 2 is 1.94 bits per heavy atom. The molecule has 1 heterocycles. The van der Waals surface area contributed by atoms with Gasteiger partial charge in [0.15, 0.2) is 0 Å². The van der Waals surface area contributed by atoms with Crippen LogP contribution in [-0.2, 0) is 9.53 Å². The fraction of sp³-hybridized carbons (Fsp3) is 0.923. The molecule has 1 saturated carbocycles. The number of carbonyl (C=O) groups is 1. The zero-order valence-corrected chi connectivity index (χ0v) is 10.4. The number of carbonyl (C=O) groups excluding carboxylic acids is 1. The molecule has 0 aromatic carbocycles. The van der Waals surface area contributed by atoms with Crippen LogP contribution in [-0.4, -0.2) is 36.4 Å². The van der Waals surface area contributed by atoms with Crippen molar-refractivity contribution in [3.8, 4) is 0 Å². The summed E-state index contributed by atoms with van der Waals surface area (Å²) in [6, 6.07) is -0.0491. The van der Waals surface area contributed by atoms with E-state index >= 15 is 0 Å². The fourth-order valence-electron chi connectivity index (χ4n) is 2.70. The highest BCUT2D eigenvalue weighted by Crippen LogP contribution is 2.20. The minimum Gasteiger partial charge on any atom is -0.391 e. The van der Waals surface area contributed by atoms with Gasteiger partial charge in [-0.1, -0.05) is 19.3 Å². The van der Waals surface area contributed by atoms with E-state index in [1.54, 1.807) is 0 Å². The van der Waals surface area contributed by atoms with Gasteiger partial charge in [-0.2, -0.15) is 0 Å². The summed E-state index contributed by atoms with van der Waals surface area (Å²) in [6.45, 7) is 1.31. The van der Waals surface area contributed by atoms with E-state index < -0.39 is 0 Å². The molecule has 2 aliphatic rings. The van der Waals surface area contributed by atoms with Gasteiger partial charge >= 0.3 is 0 Å². The van der Waals surface area contributed by atoms with Crippen molar-refractivity contribution >= 4 is 5.91 Å². The molecule has 1 saturated heterocycles. The third-order valence-corrected chi connectivity index (χ3v) is 3.84. The minimum absolute atomic E-state index is 0.0146. The van der Waals surface area contributed by atoms with Crippen molar-refractivity contribution in [1.82, 2.24) is 5.32 Å². The van der Waals surface area contributed by atoms with Crippen molar-refractivity contribution in [2.24, 2.45) is 5.92 Å². The first-order valence-electron chi connectivity index (χ1n) is 6.83. The summed E-state index contributed by atoms with van der Waals surface area (Å²) in [7, 11) is 0. The van der Waals surface area contributed by atoms with Gasteiger partial charge in [0.25, 0.3) is 0 Å².